The second-order valence-corrected chi connectivity index (χ2v) is 5.04. The molecule has 1 aliphatic rings. The zero-order chi connectivity index (χ0) is 14.0. The Morgan fingerprint density at radius 2 is 2.26 bits per heavy atom. The first-order valence-electron chi connectivity index (χ1n) is 6.42. The van der Waals surface area contributed by atoms with Crippen molar-refractivity contribution in [3.63, 3.8) is 0 Å². The van der Waals surface area contributed by atoms with Crippen molar-refractivity contribution in [1.29, 1.82) is 0 Å². The molecule has 0 aliphatic carbocycles. The van der Waals surface area contributed by atoms with Crippen molar-refractivity contribution < 1.29 is 14.3 Å². The number of rotatable bonds is 6. The molecule has 1 aromatic rings. The number of amides is 1. The maximum Gasteiger partial charge on any atom is 0.244 e. The predicted octanol–water partition coefficient (Wildman–Crippen LogP) is 3.12. The number of hydrogen-bond acceptors (Lipinski definition) is 3. The Kier molecular flexibility index (Phi) is 3.51. The van der Waals surface area contributed by atoms with Crippen molar-refractivity contribution >= 4 is 5.91 Å². The monoisotopic (exact) mass is 261 g/mol. The van der Waals surface area contributed by atoms with E-state index in [-0.39, 0.29) is 5.91 Å². The predicted molar refractivity (Wildman–Crippen MR) is 73.7 cm³/mol. The van der Waals surface area contributed by atoms with Gasteiger partial charge in [-0.3, -0.25) is 4.79 Å². The van der Waals surface area contributed by atoms with Gasteiger partial charge in [0.25, 0.3) is 0 Å². The third kappa shape index (κ3) is 2.72. The van der Waals surface area contributed by atoms with Crippen LogP contribution in [0.1, 0.15) is 32.8 Å². The summed E-state index contributed by atoms with van der Waals surface area (Å²) in [5, 5.41) is 2.90. The highest BCUT2D eigenvalue weighted by atomic mass is 16.6. The van der Waals surface area contributed by atoms with Crippen molar-refractivity contribution in [2.45, 2.75) is 32.7 Å². The summed E-state index contributed by atoms with van der Waals surface area (Å²) in [6.07, 6.45) is 2.18. The lowest BCUT2D eigenvalue weighted by atomic mass is 9.93. The SMILES string of the molecule is C=CC(=O)NC(C)(C)c1ccc2c(c1OCCC)O2. The van der Waals surface area contributed by atoms with Crippen LogP contribution < -0.4 is 14.8 Å². The number of carbonyl (C=O) groups excluding carboxylic acids is 1. The summed E-state index contributed by atoms with van der Waals surface area (Å²) in [5.74, 6) is 2.15. The van der Waals surface area contributed by atoms with Crippen molar-refractivity contribution in [3.8, 4) is 17.2 Å². The van der Waals surface area contributed by atoms with E-state index in [0.717, 1.165) is 29.2 Å². The fraction of sp³-hybridized carbons (Fsp3) is 0.400. The van der Waals surface area contributed by atoms with E-state index in [1.807, 2.05) is 32.9 Å². The molecule has 0 fully saturated rings. The average molecular weight is 261 g/mol. The molecule has 0 unspecified atom stereocenters. The number of benzene rings is 1. The van der Waals surface area contributed by atoms with Gasteiger partial charge < -0.3 is 14.8 Å². The quantitative estimate of drug-likeness (QED) is 0.642. The Hall–Kier alpha value is -1.97. The summed E-state index contributed by atoms with van der Waals surface area (Å²) in [6, 6.07) is 3.82. The number of hydrogen-bond donors (Lipinski definition) is 1. The number of nitrogens with one attached hydrogen (secondary N) is 1. The average Bonchev–Trinajstić information content (AvgIpc) is 3.14. The van der Waals surface area contributed by atoms with Gasteiger partial charge in [0.1, 0.15) is 0 Å². The minimum atomic E-state index is -0.546. The lowest BCUT2D eigenvalue weighted by Gasteiger charge is -2.27. The van der Waals surface area contributed by atoms with Crippen LogP contribution >= 0.6 is 0 Å². The minimum Gasteiger partial charge on any atom is -0.489 e. The zero-order valence-corrected chi connectivity index (χ0v) is 11.6. The first-order valence-corrected chi connectivity index (χ1v) is 6.42. The molecule has 19 heavy (non-hydrogen) atoms. The van der Waals surface area contributed by atoms with Gasteiger partial charge in [0.05, 0.1) is 12.1 Å². The standard InChI is InChI=1S/C15H19NO3/c1-5-9-18-13-10(7-8-11-14(13)19-11)15(3,4)16-12(17)6-2/h6-8H,2,5,9H2,1,3-4H3,(H,16,17). The normalized spacial score (nSPS) is 12.2. The molecule has 4 nitrogen and oxygen atoms in total. The molecule has 1 N–H and O–H groups in total. The summed E-state index contributed by atoms with van der Waals surface area (Å²) in [6.45, 7) is 10.00. The topological polar surface area (TPSA) is 50.9 Å². The van der Waals surface area contributed by atoms with Gasteiger partial charge in [0.15, 0.2) is 11.5 Å². The maximum absolute atomic E-state index is 11.5. The first kappa shape index (κ1) is 13.5. The molecule has 0 saturated carbocycles. The van der Waals surface area contributed by atoms with E-state index >= 15 is 0 Å². The fourth-order valence-electron chi connectivity index (χ4n) is 1.98. The highest BCUT2D eigenvalue weighted by Gasteiger charge is 2.34. The van der Waals surface area contributed by atoms with Crippen LogP contribution in [0.5, 0.6) is 17.2 Å². The fourth-order valence-corrected chi connectivity index (χ4v) is 1.98. The minimum absolute atomic E-state index is 0.211. The van der Waals surface area contributed by atoms with Crippen LogP contribution in [0, 0.1) is 0 Å². The number of ether oxygens (including phenoxy) is 2. The Labute approximate surface area is 113 Å². The summed E-state index contributed by atoms with van der Waals surface area (Å²) in [7, 11) is 0. The molecular weight excluding hydrogens is 242 g/mol. The third-order valence-electron chi connectivity index (χ3n) is 2.99. The maximum atomic E-state index is 11.5. The molecule has 4 heteroatoms. The van der Waals surface area contributed by atoms with E-state index in [4.69, 9.17) is 9.47 Å². The van der Waals surface area contributed by atoms with Crippen LogP contribution in [0.15, 0.2) is 24.8 Å². The molecule has 2 rings (SSSR count). The third-order valence-corrected chi connectivity index (χ3v) is 2.99. The highest BCUT2D eigenvalue weighted by molar-refractivity contribution is 5.87. The van der Waals surface area contributed by atoms with Gasteiger partial charge >= 0.3 is 0 Å². The number of carbonyl (C=O) groups is 1. The van der Waals surface area contributed by atoms with Crippen LogP contribution in [0.2, 0.25) is 0 Å². The molecule has 0 saturated heterocycles. The molecule has 0 radical (unpaired) electrons. The van der Waals surface area contributed by atoms with Gasteiger partial charge in [-0.25, -0.2) is 0 Å². The first-order chi connectivity index (χ1) is 8.99. The smallest absolute Gasteiger partial charge is 0.244 e. The van der Waals surface area contributed by atoms with Crippen LogP contribution in [-0.2, 0) is 10.3 Å². The molecule has 1 heterocycles. The van der Waals surface area contributed by atoms with Gasteiger partial charge in [0.2, 0.25) is 11.7 Å². The Morgan fingerprint density at radius 1 is 1.53 bits per heavy atom. The second kappa shape index (κ2) is 4.96. The van der Waals surface area contributed by atoms with Gasteiger partial charge in [-0.05, 0) is 38.5 Å². The molecule has 0 atom stereocenters. The second-order valence-electron chi connectivity index (χ2n) is 5.04. The summed E-state index contributed by atoms with van der Waals surface area (Å²) >= 11 is 0. The van der Waals surface area contributed by atoms with Gasteiger partial charge in [-0.15, -0.1) is 0 Å². The molecule has 0 spiro atoms. The summed E-state index contributed by atoms with van der Waals surface area (Å²) in [5.41, 5.74) is 0.363. The highest BCUT2D eigenvalue weighted by Crippen LogP contribution is 2.55. The van der Waals surface area contributed by atoms with Crippen LogP contribution in [-0.4, -0.2) is 12.5 Å². The Morgan fingerprint density at radius 3 is 2.89 bits per heavy atom. The molecule has 0 bridgehead atoms. The number of fused-ring (bicyclic) bond motifs is 1. The van der Waals surface area contributed by atoms with Crippen molar-refractivity contribution in [2.75, 3.05) is 6.61 Å². The van der Waals surface area contributed by atoms with E-state index in [2.05, 4.69) is 11.9 Å². The molecule has 102 valence electrons. The van der Waals surface area contributed by atoms with Gasteiger partial charge in [-0.1, -0.05) is 13.5 Å². The van der Waals surface area contributed by atoms with E-state index in [1.54, 1.807) is 0 Å². The van der Waals surface area contributed by atoms with Gasteiger partial charge in [-0.2, -0.15) is 0 Å². The van der Waals surface area contributed by atoms with Gasteiger partial charge in [0, 0.05) is 5.56 Å². The molecule has 1 amide bonds. The molecule has 1 aliphatic heterocycles. The molecular formula is C15H19NO3. The van der Waals surface area contributed by atoms with E-state index in [1.165, 1.54) is 6.08 Å². The summed E-state index contributed by atoms with van der Waals surface area (Å²) < 4.78 is 11.1. The Balaban J connectivity index is 2.31. The Bertz CT molecular complexity index is 520. The van der Waals surface area contributed by atoms with E-state index in [9.17, 15) is 4.79 Å². The lowest BCUT2D eigenvalue weighted by molar-refractivity contribution is -0.118. The van der Waals surface area contributed by atoms with Crippen molar-refractivity contribution in [2.24, 2.45) is 0 Å². The van der Waals surface area contributed by atoms with E-state index in [0.29, 0.717) is 6.61 Å². The van der Waals surface area contributed by atoms with Crippen LogP contribution in [0.25, 0.3) is 0 Å². The van der Waals surface area contributed by atoms with E-state index < -0.39 is 5.54 Å². The van der Waals surface area contributed by atoms with Crippen LogP contribution in [0.3, 0.4) is 0 Å². The zero-order valence-electron chi connectivity index (χ0n) is 11.6. The molecule has 1 aromatic carbocycles. The van der Waals surface area contributed by atoms with Crippen LogP contribution in [0.4, 0.5) is 0 Å². The molecule has 0 aromatic heterocycles. The largest absolute Gasteiger partial charge is 0.489 e. The van der Waals surface area contributed by atoms with Crippen molar-refractivity contribution in [1.82, 2.24) is 5.32 Å². The van der Waals surface area contributed by atoms with Crippen molar-refractivity contribution in [3.05, 3.63) is 30.4 Å². The lowest BCUT2D eigenvalue weighted by Crippen LogP contribution is -2.40. The summed E-state index contributed by atoms with van der Waals surface area (Å²) in [4.78, 5) is 11.5.